The van der Waals surface area contributed by atoms with Crippen molar-refractivity contribution in [2.24, 2.45) is 5.92 Å². The zero-order chi connectivity index (χ0) is 15.0. The Balaban J connectivity index is 2.30. The molecule has 1 rings (SSSR count). The highest BCUT2D eigenvalue weighted by Crippen LogP contribution is 2.18. The minimum atomic E-state index is 0.234. The van der Waals surface area contributed by atoms with Crippen LogP contribution in [0.3, 0.4) is 0 Å². The standard InChI is InChI=1S/C18H31NO/c1-14(2)8-6-7-13-19-16(5)17-9-11-18(12-10-17)20-15(3)4/h9-12,14-16,19H,6-8,13H2,1-5H3. The fourth-order valence-electron chi connectivity index (χ4n) is 2.22. The summed E-state index contributed by atoms with van der Waals surface area (Å²) < 4.78 is 5.66. The lowest BCUT2D eigenvalue weighted by molar-refractivity contribution is 0.242. The van der Waals surface area contributed by atoms with Crippen LogP contribution in [0.5, 0.6) is 5.75 Å². The number of benzene rings is 1. The molecule has 0 saturated carbocycles. The minimum absolute atomic E-state index is 0.234. The molecule has 1 N–H and O–H groups in total. The monoisotopic (exact) mass is 277 g/mol. The maximum atomic E-state index is 5.66. The fraction of sp³-hybridized carbons (Fsp3) is 0.667. The summed E-state index contributed by atoms with van der Waals surface area (Å²) in [6.07, 6.45) is 4.14. The van der Waals surface area contributed by atoms with Crippen LogP contribution in [0.2, 0.25) is 0 Å². The average molecular weight is 277 g/mol. The molecule has 1 aromatic carbocycles. The number of unbranched alkanes of at least 4 members (excludes halogenated alkanes) is 1. The first-order valence-corrected chi connectivity index (χ1v) is 7.99. The van der Waals surface area contributed by atoms with Crippen molar-refractivity contribution in [2.75, 3.05) is 6.54 Å². The van der Waals surface area contributed by atoms with Gasteiger partial charge in [-0.1, -0.05) is 38.8 Å². The van der Waals surface area contributed by atoms with Gasteiger partial charge < -0.3 is 10.1 Å². The summed E-state index contributed by atoms with van der Waals surface area (Å²) in [4.78, 5) is 0. The number of hydrogen-bond donors (Lipinski definition) is 1. The van der Waals surface area contributed by atoms with E-state index in [0.717, 1.165) is 18.2 Å². The van der Waals surface area contributed by atoms with Crippen molar-refractivity contribution in [3.05, 3.63) is 29.8 Å². The molecule has 0 spiro atoms. The van der Waals surface area contributed by atoms with E-state index in [1.54, 1.807) is 0 Å². The molecule has 114 valence electrons. The Morgan fingerprint density at radius 2 is 1.60 bits per heavy atom. The van der Waals surface area contributed by atoms with Gasteiger partial charge in [0.15, 0.2) is 0 Å². The minimum Gasteiger partial charge on any atom is -0.491 e. The third-order valence-corrected chi connectivity index (χ3v) is 3.41. The molecule has 0 radical (unpaired) electrons. The largest absolute Gasteiger partial charge is 0.491 e. The zero-order valence-corrected chi connectivity index (χ0v) is 13.8. The molecule has 0 aliphatic heterocycles. The molecule has 20 heavy (non-hydrogen) atoms. The van der Waals surface area contributed by atoms with Crippen molar-refractivity contribution < 1.29 is 4.74 Å². The highest BCUT2D eigenvalue weighted by Gasteiger charge is 2.05. The molecule has 0 amide bonds. The van der Waals surface area contributed by atoms with Gasteiger partial charge >= 0.3 is 0 Å². The first-order chi connectivity index (χ1) is 9.49. The number of ether oxygens (including phenoxy) is 1. The molecule has 0 aliphatic rings. The molecule has 1 atom stereocenters. The first-order valence-electron chi connectivity index (χ1n) is 7.99. The predicted octanol–water partition coefficient (Wildman–Crippen LogP) is 4.95. The lowest BCUT2D eigenvalue weighted by Gasteiger charge is -2.16. The normalized spacial score (nSPS) is 12.9. The highest BCUT2D eigenvalue weighted by molar-refractivity contribution is 5.29. The van der Waals surface area contributed by atoms with Crippen LogP contribution in [0.25, 0.3) is 0 Å². The average Bonchev–Trinajstić information content (AvgIpc) is 2.38. The molecule has 0 aliphatic carbocycles. The van der Waals surface area contributed by atoms with Crippen LogP contribution in [0.4, 0.5) is 0 Å². The van der Waals surface area contributed by atoms with E-state index in [1.807, 2.05) is 0 Å². The molecule has 0 bridgehead atoms. The second kappa shape index (κ2) is 9.02. The third kappa shape index (κ3) is 6.95. The molecule has 0 saturated heterocycles. The van der Waals surface area contributed by atoms with Crippen LogP contribution in [0.1, 0.15) is 65.5 Å². The van der Waals surface area contributed by atoms with Crippen LogP contribution in [-0.2, 0) is 0 Å². The molecule has 1 unspecified atom stereocenters. The second-order valence-corrected chi connectivity index (χ2v) is 6.30. The molecule has 2 heteroatoms. The summed E-state index contributed by atoms with van der Waals surface area (Å²) in [6.45, 7) is 12.0. The van der Waals surface area contributed by atoms with Gasteiger partial charge in [0, 0.05) is 6.04 Å². The van der Waals surface area contributed by atoms with Crippen LogP contribution in [0.15, 0.2) is 24.3 Å². The predicted molar refractivity (Wildman–Crippen MR) is 87.3 cm³/mol. The van der Waals surface area contributed by atoms with E-state index in [0.29, 0.717) is 6.04 Å². The van der Waals surface area contributed by atoms with Gasteiger partial charge in [0.2, 0.25) is 0 Å². The second-order valence-electron chi connectivity index (χ2n) is 6.30. The Morgan fingerprint density at radius 1 is 0.950 bits per heavy atom. The maximum Gasteiger partial charge on any atom is 0.119 e. The molecular formula is C18H31NO. The SMILES string of the molecule is CC(C)CCCCNC(C)c1ccc(OC(C)C)cc1. The van der Waals surface area contributed by atoms with E-state index in [-0.39, 0.29) is 6.10 Å². The Kier molecular flexibility index (Phi) is 7.68. The fourth-order valence-corrected chi connectivity index (χ4v) is 2.22. The summed E-state index contributed by atoms with van der Waals surface area (Å²) >= 11 is 0. The molecule has 0 aromatic heterocycles. The quantitative estimate of drug-likeness (QED) is 0.645. The van der Waals surface area contributed by atoms with Gasteiger partial charge in [-0.25, -0.2) is 0 Å². The van der Waals surface area contributed by atoms with Gasteiger partial charge in [-0.2, -0.15) is 0 Å². The third-order valence-electron chi connectivity index (χ3n) is 3.41. The van der Waals surface area contributed by atoms with Gasteiger partial charge in [-0.15, -0.1) is 0 Å². The lowest BCUT2D eigenvalue weighted by atomic mass is 10.1. The lowest BCUT2D eigenvalue weighted by Crippen LogP contribution is -2.19. The summed E-state index contributed by atoms with van der Waals surface area (Å²) in [5.74, 6) is 1.77. The first kappa shape index (κ1) is 17.0. The summed E-state index contributed by atoms with van der Waals surface area (Å²) in [6, 6.07) is 8.84. The summed E-state index contributed by atoms with van der Waals surface area (Å²) in [5, 5.41) is 3.59. The molecular weight excluding hydrogens is 246 g/mol. The van der Waals surface area contributed by atoms with Crippen LogP contribution < -0.4 is 10.1 Å². The van der Waals surface area contributed by atoms with Crippen molar-refractivity contribution in [1.82, 2.24) is 5.32 Å². The van der Waals surface area contributed by atoms with E-state index in [2.05, 4.69) is 64.2 Å². The number of hydrogen-bond acceptors (Lipinski definition) is 2. The van der Waals surface area contributed by atoms with Gasteiger partial charge in [0.05, 0.1) is 6.10 Å². The van der Waals surface area contributed by atoms with Gasteiger partial charge in [-0.3, -0.25) is 0 Å². The molecule has 2 nitrogen and oxygen atoms in total. The van der Waals surface area contributed by atoms with Gasteiger partial charge in [0.25, 0.3) is 0 Å². The molecule has 0 heterocycles. The van der Waals surface area contributed by atoms with Crippen molar-refractivity contribution >= 4 is 0 Å². The molecule has 0 fully saturated rings. The van der Waals surface area contributed by atoms with E-state index in [1.165, 1.54) is 24.8 Å². The van der Waals surface area contributed by atoms with Crippen molar-refractivity contribution in [2.45, 2.75) is 66.0 Å². The summed E-state index contributed by atoms with van der Waals surface area (Å²) in [5.41, 5.74) is 1.32. The maximum absolute atomic E-state index is 5.66. The van der Waals surface area contributed by atoms with Crippen LogP contribution in [-0.4, -0.2) is 12.6 Å². The Bertz CT molecular complexity index is 356. The smallest absolute Gasteiger partial charge is 0.119 e. The number of rotatable bonds is 9. The van der Waals surface area contributed by atoms with Crippen molar-refractivity contribution in [1.29, 1.82) is 0 Å². The van der Waals surface area contributed by atoms with Gasteiger partial charge in [0.1, 0.15) is 5.75 Å². The van der Waals surface area contributed by atoms with Crippen LogP contribution >= 0.6 is 0 Å². The topological polar surface area (TPSA) is 21.3 Å². The van der Waals surface area contributed by atoms with E-state index in [4.69, 9.17) is 4.74 Å². The van der Waals surface area contributed by atoms with Crippen molar-refractivity contribution in [3.63, 3.8) is 0 Å². The Hall–Kier alpha value is -1.02. The van der Waals surface area contributed by atoms with E-state index >= 15 is 0 Å². The Labute approximate surface area is 124 Å². The van der Waals surface area contributed by atoms with Crippen LogP contribution in [0, 0.1) is 5.92 Å². The van der Waals surface area contributed by atoms with Gasteiger partial charge in [-0.05, 0) is 57.4 Å². The van der Waals surface area contributed by atoms with Crippen molar-refractivity contribution in [3.8, 4) is 5.75 Å². The Morgan fingerprint density at radius 3 is 2.15 bits per heavy atom. The highest BCUT2D eigenvalue weighted by atomic mass is 16.5. The van der Waals surface area contributed by atoms with E-state index in [9.17, 15) is 0 Å². The van der Waals surface area contributed by atoms with E-state index < -0.39 is 0 Å². The summed E-state index contributed by atoms with van der Waals surface area (Å²) in [7, 11) is 0. The molecule has 1 aromatic rings. The number of nitrogens with one attached hydrogen (secondary N) is 1. The zero-order valence-electron chi connectivity index (χ0n) is 13.8.